The first-order valence-corrected chi connectivity index (χ1v) is 16.6. The second-order valence-corrected chi connectivity index (χ2v) is 17.2. The Kier molecular flexibility index (Phi) is 7.81. The first kappa shape index (κ1) is 31.6. The molecule has 224 valence electrons. The molecule has 8 atom stereocenters. The van der Waals surface area contributed by atoms with Gasteiger partial charge in [-0.25, -0.2) is 0 Å². The summed E-state index contributed by atoms with van der Waals surface area (Å²) in [6.07, 6.45) is 15.2. The SMILES string of the molecule is C=C(C)C[C@H]1C[C@](C)([C@@H](CCC(=C)C(C)C)C(=C)C)[C@@]2(C)CC=C3C(=CC[C@@]4(C)C(C)(C)[C@@H](C)CC[C@]34C)[C@]12C. The summed E-state index contributed by atoms with van der Waals surface area (Å²) in [5, 5.41) is 0. The van der Waals surface area contributed by atoms with Crippen LogP contribution >= 0.6 is 0 Å². The van der Waals surface area contributed by atoms with Gasteiger partial charge >= 0.3 is 0 Å². The van der Waals surface area contributed by atoms with E-state index in [1.807, 2.05) is 0 Å². The Balaban J connectivity index is 1.88. The van der Waals surface area contributed by atoms with E-state index in [1.165, 1.54) is 55.2 Å². The summed E-state index contributed by atoms with van der Waals surface area (Å²) in [5.41, 5.74) is 8.83. The first-order valence-electron chi connectivity index (χ1n) is 16.6. The van der Waals surface area contributed by atoms with Gasteiger partial charge in [-0.1, -0.05) is 111 Å². The molecular weight excluding hydrogens is 480 g/mol. The van der Waals surface area contributed by atoms with Gasteiger partial charge in [0.05, 0.1) is 0 Å². The monoisotopic (exact) mass is 545 g/mol. The van der Waals surface area contributed by atoms with Crippen LogP contribution in [0.4, 0.5) is 0 Å². The Bertz CT molecular complexity index is 1140. The fraction of sp³-hybridized carbons (Fsp3) is 0.750. The molecule has 0 heterocycles. The van der Waals surface area contributed by atoms with Crippen molar-refractivity contribution in [2.24, 2.45) is 56.2 Å². The van der Waals surface area contributed by atoms with Gasteiger partial charge in [-0.2, -0.15) is 0 Å². The van der Waals surface area contributed by atoms with Gasteiger partial charge in [0, 0.05) is 5.41 Å². The number of hydrogen-bond acceptors (Lipinski definition) is 0. The molecule has 0 heteroatoms. The third kappa shape index (κ3) is 3.96. The molecule has 2 saturated carbocycles. The number of hydrogen-bond donors (Lipinski definition) is 0. The minimum Gasteiger partial charge on any atom is -0.100 e. The minimum atomic E-state index is 0.130. The third-order valence-electron chi connectivity index (χ3n) is 15.2. The van der Waals surface area contributed by atoms with Crippen molar-refractivity contribution >= 4 is 0 Å². The molecule has 4 aliphatic carbocycles. The fourth-order valence-corrected chi connectivity index (χ4v) is 11.1. The lowest BCUT2D eigenvalue weighted by Crippen LogP contribution is -2.59. The molecule has 2 fully saturated rings. The highest BCUT2D eigenvalue weighted by molar-refractivity contribution is 5.52. The van der Waals surface area contributed by atoms with Crippen LogP contribution in [0.1, 0.15) is 134 Å². The Labute approximate surface area is 250 Å². The second kappa shape index (κ2) is 9.88. The molecule has 0 unspecified atom stereocenters. The molecule has 0 aromatic heterocycles. The number of fused-ring (bicyclic) bond motifs is 5. The topological polar surface area (TPSA) is 0 Å². The van der Waals surface area contributed by atoms with E-state index in [0.29, 0.717) is 23.2 Å². The molecule has 4 aliphatic rings. The van der Waals surface area contributed by atoms with Gasteiger partial charge in [-0.05, 0) is 127 Å². The third-order valence-corrected chi connectivity index (χ3v) is 15.2. The zero-order valence-electron chi connectivity index (χ0n) is 28.7. The largest absolute Gasteiger partial charge is 0.100 e. The summed E-state index contributed by atoms with van der Waals surface area (Å²) in [4.78, 5) is 0. The van der Waals surface area contributed by atoms with Crippen molar-refractivity contribution in [3.63, 3.8) is 0 Å². The molecule has 4 rings (SSSR count). The van der Waals surface area contributed by atoms with E-state index in [4.69, 9.17) is 0 Å². The maximum atomic E-state index is 4.65. The minimum absolute atomic E-state index is 0.130. The molecule has 0 bridgehead atoms. The Hall–Kier alpha value is -1.30. The maximum Gasteiger partial charge on any atom is 0.00180 e. The van der Waals surface area contributed by atoms with Gasteiger partial charge in [0.25, 0.3) is 0 Å². The van der Waals surface area contributed by atoms with Crippen molar-refractivity contribution in [2.45, 2.75) is 134 Å². The Morgan fingerprint density at radius 1 is 0.900 bits per heavy atom. The highest BCUT2D eigenvalue weighted by atomic mass is 14.7. The lowest BCUT2D eigenvalue weighted by atomic mass is 9.36. The van der Waals surface area contributed by atoms with Crippen LogP contribution < -0.4 is 0 Å². The van der Waals surface area contributed by atoms with Crippen molar-refractivity contribution in [2.75, 3.05) is 0 Å². The molecule has 0 aromatic carbocycles. The second-order valence-electron chi connectivity index (χ2n) is 17.2. The van der Waals surface area contributed by atoms with Crippen LogP contribution in [-0.4, -0.2) is 0 Å². The van der Waals surface area contributed by atoms with Gasteiger partial charge in [-0.3, -0.25) is 0 Å². The Morgan fingerprint density at radius 3 is 2.02 bits per heavy atom. The summed E-state index contributed by atoms with van der Waals surface area (Å²) < 4.78 is 0. The van der Waals surface area contributed by atoms with E-state index in [9.17, 15) is 0 Å². The molecular formula is C40H64. The lowest BCUT2D eigenvalue weighted by molar-refractivity contribution is -0.111. The summed E-state index contributed by atoms with van der Waals surface area (Å²) in [6, 6.07) is 0. The zero-order valence-corrected chi connectivity index (χ0v) is 28.7. The maximum absolute atomic E-state index is 4.65. The van der Waals surface area contributed by atoms with Crippen molar-refractivity contribution in [1.82, 2.24) is 0 Å². The van der Waals surface area contributed by atoms with Crippen LogP contribution in [0, 0.1) is 56.2 Å². The van der Waals surface area contributed by atoms with Gasteiger partial charge in [0.2, 0.25) is 0 Å². The van der Waals surface area contributed by atoms with E-state index < -0.39 is 0 Å². The van der Waals surface area contributed by atoms with E-state index in [1.54, 1.807) is 11.1 Å². The van der Waals surface area contributed by atoms with Crippen molar-refractivity contribution in [1.29, 1.82) is 0 Å². The molecule has 0 amide bonds. The standard InChI is InChI=1S/C40H64/c1-26(2)24-31-25-37(12,32(28(5)6)17-16-29(7)27(3)4)39(14)23-19-33-34(40(31,39)15)20-22-38(13)35(9,10)30(8)18-21-36(33,38)11/h19-20,27,30-32H,1,5,7,16-18,21-25H2,2-4,6,8-15H3/t30-,31-,32-,36+,37+,38-,39+,40-/m0/s1. The molecule has 0 saturated heterocycles. The number of allylic oxidation sites excluding steroid dienone is 7. The lowest BCUT2D eigenvalue weighted by Gasteiger charge is -2.67. The molecule has 0 aromatic rings. The van der Waals surface area contributed by atoms with Crippen LogP contribution in [0.3, 0.4) is 0 Å². The molecule has 0 nitrogen and oxygen atoms in total. The van der Waals surface area contributed by atoms with E-state index in [2.05, 4.69) is 115 Å². The molecule has 0 radical (unpaired) electrons. The van der Waals surface area contributed by atoms with Crippen LogP contribution in [0.2, 0.25) is 0 Å². The Morgan fingerprint density at radius 2 is 1.48 bits per heavy atom. The summed E-state index contributed by atoms with van der Waals surface area (Å²) >= 11 is 0. The molecule has 0 aliphatic heterocycles. The molecule has 0 N–H and O–H groups in total. The fourth-order valence-electron chi connectivity index (χ4n) is 11.1. The van der Waals surface area contributed by atoms with Crippen LogP contribution in [0.25, 0.3) is 0 Å². The highest BCUT2D eigenvalue weighted by Crippen LogP contribution is 2.79. The smallest absolute Gasteiger partial charge is 0.00180 e. The zero-order chi connectivity index (χ0) is 30.3. The molecule has 0 spiro atoms. The van der Waals surface area contributed by atoms with E-state index >= 15 is 0 Å². The van der Waals surface area contributed by atoms with Gasteiger partial charge in [-0.15, -0.1) is 6.58 Å². The first-order chi connectivity index (χ1) is 18.2. The van der Waals surface area contributed by atoms with Crippen molar-refractivity contribution in [3.8, 4) is 0 Å². The molecule has 40 heavy (non-hydrogen) atoms. The summed E-state index contributed by atoms with van der Waals surface area (Å²) in [6.45, 7) is 43.7. The van der Waals surface area contributed by atoms with Crippen LogP contribution in [-0.2, 0) is 0 Å². The quantitative estimate of drug-likeness (QED) is 0.267. The van der Waals surface area contributed by atoms with Crippen LogP contribution in [0.5, 0.6) is 0 Å². The van der Waals surface area contributed by atoms with Gasteiger partial charge in [0.1, 0.15) is 0 Å². The predicted molar refractivity (Wildman–Crippen MR) is 177 cm³/mol. The van der Waals surface area contributed by atoms with E-state index in [0.717, 1.165) is 18.8 Å². The summed E-state index contributed by atoms with van der Waals surface area (Å²) in [5.74, 6) is 2.41. The van der Waals surface area contributed by atoms with E-state index in [-0.39, 0.29) is 27.1 Å². The van der Waals surface area contributed by atoms with Crippen LogP contribution in [0.15, 0.2) is 59.8 Å². The summed E-state index contributed by atoms with van der Waals surface area (Å²) in [7, 11) is 0. The average Bonchev–Trinajstić information content (AvgIpc) is 3.01. The van der Waals surface area contributed by atoms with Crippen molar-refractivity contribution in [3.05, 3.63) is 59.8 Å². The van der Waals surface area contributed by atoms with Crippen molar-refractivity contribution < 1.29 is 0 Å². The number of rotatable bonds is 8. The van der Waals surface area contributed by atoms with Gasteiger partial charge < -0.3 is 0 Å². The average molecular weight is 545 g/mol. The highest BCUT2D eigenvalue weighted by Gasteiger charge is 2.71. The normalized spacial score (nSPS) is 42.7. The van der Waals surface area contributed by atoms with Gasteiger partial charge in [0.15, 0.2) is 0 Å². The predicted octanol–water partition coefficient (Wildman–Crippen LogP) is 12.3.